The van der Waals surface area contributed by atoms with E-state index in [2.05, 4.69) is 29.4 Å². The zero-order chi connectivity index (χ0) is 14.4. The third-order valence-electron chi connectivity index (χ3n) is 2.73. The molecular weight excluding hydrogens is 270 g/mol. The van der Waals surface area contributed by atoms with Crippen LogP contribution in [0.3, 0.4) is 0 Å². The maximum absolute atomic E-state index is 5.59. The molecule has 0 spiro atoms. The van der Waals surface area contributed by atoms with E-state index >= 15 is 0 Å². The lowest BCUT2D eigenvalue weighted by molar-refractivity contribution is 0.317. The first-order valence-electron chi connectivity index (χ1n) is 6.65. The van der Waals surface area contributed by atoms with Crippen LogP contribution in [0, 0.1) is 13.8 Å². The Morgan fingerprint density at radius 1 is 1.40 bits per heavy atom. The maximum Gasteiger partial charge on any atom is 0.203 e. The molecule has 0 aliphatic carbocycles. The molecule has 0 radical (unpaired) electrons. The van der Waals surface area contributed by atoms with Crippen LogP contribution in [0.5, 0.6) is 5.75 Å². The third-order valence-corrected chi connectivity index (χ3v) is 3.71. The Hall–Kier alpha value is -1.88. The van der Waals surface area contributed by atoms with Crippen LogP contribution < -0.4 is 10.2 Å². The molecule has 0 fully saturated rings. The highest BCUT2D eigenvalue weighted by Gasteiger charge is 2.01. The Labute approximate surface area is 123 Å². The van der Waals surface area contributed by atoms with Crippen molar-refractivity contribution in [1.29, 1.82) is 0 Å². The zero-order valence-electron chi connectivity index (χ0n) is 12.0. The highest BCUT2D eigenvalue weighted by molar-refractivity contribution is 7.15. The van der Waals surface area contributed by atoms with Crippen molar-refractivity contribution in [2.45, 2.75) is 27.2 Å². The summed E-state index contributed by atoms with van der Waals surface area (Å²) < 4.78 is 5.59. The molecule has 0 aliphatic heterocycles. The van der Waals surface area contributed by atoms with Crippen LogP contribution in [0.25, 0.3) is 0 Å². The molecule has 1 N–H and O–H groups in total. The van der Waals surface area contributed by atoms with E-state index in [0.717, 1.165) is 35.2 Å². The number of anilines is 1. The smallest absolute Gasteiger partial charge is 0.203 e. The highest BCUT2D eigenvalue weighted by Crippen LogP contribution is 2.20. The molecule has 2 rings (SSSR count). The van der Waals surface area contributed by atoms with Gasteiger partial charge in [0.05, 0.1) is 18.5 Å². The Balaban J connectivity index is 1.96. The van der Waals surface area contributed by atoms with Gasteiger partial charge in [0.25, 0.3) is 0 Å². The van der Waals surface area contributed by atoms with Crippen LogP contribution in [0.1, 0.15) is 29.5 Å². The first kappa shape index (κ1) is 14.5. The number of rotatable bonds is 6. The second-order valence-corrected chi connectivity index (χ2v) is 5.65. The van der Waals surface area contributed by atoms with Gasteiger partial charge in [0.2, 0.25) is 5.13 Å². The van der Waals surface area contributed by atoms with Gasteiger partial charge in [0.15, 0.2) is 0 Å². The summed E-state index contributed by atoms with van der Waals surface area (Å²) in [6.07, 6.45) is 2.77. The summed E-state index contributed by atoms with van der Waals surface area (Å²) in [7, 11) is 0. The normalized spacial score (nSPS) is 10.9. The van der Waals surface area contributed by atoms with Gasteiger partial charge in [-0.3, -0.25) is 5.43 Å². The number of hydrogen-bond acceptors (Lipinski definition) is 5. The molecule has 0 amide bonds. The first-order valence-corrected chi connectivity index (χ1v) is 7.46. The fraction of sp³-hybridized carbons (Fsp3) is 0.333. The van der Waals surface area contributed by atoms with Crippen molar-refractivity contribution in [2.24, 2.45) is 5.10 Å². The van der Waals surface area contributed by atoms with Crippen LogP contribution in [0.2, 0.25) is 0 Å². The fourth-order valence-corrected chi connectivity index (χ4v) is 2.35. The van der Waals surface area contributed by atoms with Crippen molar-refractivity contribution in [3.63, 3.8) is 0 Å². The summed E-state index contributed by atoms with van der Waals surface area (Å²) in [6, 6.07) is 7.87. The molecule has 5 heteroatoms. The number of nitrogens with one attached hydrogen (secondary N) is 1. The molecule has 2 aromatic rings. The highest BCUT2D eigenvalue weighted by atomic mass is 32.1. The van der Waals surface area contributed by atoms with Crippen molar-refractivity contribution >= 4 is 22.7 Å². The second-order valence-electron chi connectivity index (χ2n) is 4.45. The SMILES string of the molecule is CCCOc1cccc(/C=N\Nc2nc(C)c(C)s2)c1. The standard InChI is InChI=1S/C15H19N3OS/c1-4-8-19-14-7-5-6-13(9-14)10-16-18-15-17-11(2)12(3)20-15/h5-7,9-10H,4,8H2,1-3H3,(H,17,18)/b16-10-. The Morgan fingerprint density at radius 3 is 2.95 bits per heavy atom. The largest absolute Gasteiger partial charge is 0.494 e. The molecule has 0 saturated carbocycles. The number of benzene rings is 1. The molecule has 1 aromatic carbocycles. The molecule has 1 heterocycles. The average Bonchev–Trinajstić information content (AvgIpc) is 2.76. The lowest BCUT2D eigenvalue weighted by Crippen LogP contribution is -1.96. The molecule has 4 nitrogen and oxygen atoms in total. The number of nitrogens with zero attached hydrogens (tertiary/aromatic N) is 2. The summed E-state index contributed by atoms with van der Waals surface area (Å²) in [4.78, 5) is 5.57. The summed E-state index contributed by atoms with van der Waals surface area (Å²) >= 11 is 1.60. The molecule has 0 unspecified atom stereocenters. The Kier molecular flexibility index (Phi) is 5.12. The first-order chi connectivity index (χ1) is 9.69. The van der Waals surface area contributed by atoms with E-state index in [1.165, 1.54) is 4.88 Å². The van der Waals surface area contributed by atoms with E-state index in [0.29, 0.717) is 0 Å². The minimum absolute atomic E-state index is 0.733. The van der Waals surface area contributed by atoms with Crippen molar-refractivity contribution in [2.75, 3.05) is 12.0 Å². The van der Waals surface area contributed by atoms with Gasteiger partial charge in [0.1, 0.15) is 5.75 Å². The minimum Gasteiger partial charge on any atom is -0.494 e. The van der Waals surface area contributed by atoms with Gasteiger partial charge >= 0.3 is 0 Å². The fourth-order valence-electron chi connectivity index (χ4n) is 1.59. The predicted molar refractivity (Wildman–Crippen MR) is 85.0 cm³/mol. The van der Waals surface area contributed by atoms with E-state index in [-0.39, 0.29) is 0 Å². The molecule has 0 saturated heterocycles. The molecule has 0 bridgehead atoms. The Morgan fingerprint density at radius 2 is 2.25 bits per heavy atom. The van der Waals surface area contributed by atoms with Gasteiger partial charge in [0, 0.05) is 4.88 Å². The molecule has 1 aromatic heterocycles. The van der Waals surface area contributed by atoms with Crippen LogP contribution in [0.15, 0.2) is 29.4 Å². The summed E-state index contributed by atoms with van der Waals surface area (Å²) in [5.41, 5.74) is 4.99. The zero-order valence-corrected chi connectivity index (χ0v) is 12.8. The van der Waals surface area contributed by atoms with Crippen molar-refractivity contribution in [3.05, 3.63) is 40.4 Å². The minimum atomic E-state index is 0.733. The van der Waals surface area contributed by atoms with Gasteiger partial charge in [-0.25, -0.2) is 4.98 Å². The van der Waals surface area contributed by atoms with E-state index in [4.69, 9.17) is 4.74 Å². The van der Waals surface area contributed by atoms with E-state index in [1.807, 2.05) is 31.2 Å². The van der Waals surface area contributed by atoms with E-state index in [9.17, 15) is 0 Å². The van der Waals surface area contributed by atoms with Crippen molar-refractivity contribution in [3.8, 4) is 5.75 Å². The van der Waals surface area contributed by atoms with Gasteiger partial charge in [-0.2, -0.15) is 5.10 Å². The number of ether oxygens (including phenoxy) is 1. The topological polar surface area (TPSA) is 46.5 Å². The quantitative estimate of drug-likeness (QED) is 0.646. The average molecular weight is 289 g/mol. The van der Waals surface area contributed by atoms with Crippen LogP contribution in [-0.4, -0.2) is 17.8 Å². The summed E-state index contributed by atoms with van der Waals surface area (Å²) in [5.74, 6) is 0.872. The van der Waals surface area contributed by atoms with Crippen LogP contribution >= 0.6 is 11.3 Å². The lowest BCUT2D eigenvalue weighted by Gasteiger charge is -2.04. The maximum atomic E-state index is 5.59. The number of aryl methyl sites for hydroxylation is 2. The number of thiazole rings is 1. The van der Waals surface area contributed by atoms with Gasteiger partial charge < -0.3 is 4.74 Å². The van der Waals surface area contributed by atoms with Crippen LogP contribution in [-0.2, 0) is 0 Å². The number of aromatic nitrogens is 1. The number of hydrazone groups is 1. The molecular formula is C15H19N3OS. The monoisotopic (exact) mass is 289 g/mol. The lowest BCUT2D eigenvalue weighted by atomic mass is 10.2. The van der Waals surface area contributed by atoms with E-state index in [1.54, 1.807) is 17.6 Å². The van der Waals surface area contributed by atoms with Crippen LogP contribution in [0.4, 0.5) is 5.13 Å². The van der Waals surface area contributed by atoms with Gasteiger partial charge in [-0.1, -0.05) is 19.1 Å². The summed E-state index contributed by atoms with van der Waals surface area (Å²) in [5, 5.41) is 5.02. The van der Waals surface area contributed by atoms with Crippen molar-refractivity contribution in [1.82, 2.24) is 4.98 Å². The van der Waals surface area contributed by atoms with Gasteiger partial charge in [-0.15, -0.1) is 11.3 Å². The third kappa shape index (κ3) is 4.06. The molecule has 20 heavy (non-hydrogen) atoms. The second kappa shape index (κ2) is 7.05. The molecule has 0 aliphatic rings. The predicted octanol–water partition coefficient (Wildman–Crippen LogP) is 3.99. The van der Waals surface area contributed by atoms with Crippen molar-refractivity contribution < 1.29 is 4.74 Å². The molecule has 0 atom stereocenters. The van der Waals surface area contributed by atoms with E-state index < -0.39 is 0 Å². The summed E-state index contributed by atoms with van der Waals surface area (Å²) in [6.45, 7) is 6.87. The number of hydrogen-bond donors (Lipinski definition) is 1. The Bertz CT molecular complexity index is 573. The molecule has 106 valence electrons. The van der Waals surface area contributed by atoms with Gasteiger partial charge in [-0.05, 0) is 38.0 Å².